The van der Waals surface area contributed by atoms with Gasteiger partial charge >= 0.3 is 5.97 Å². The monoisotopic (exact) mass is 217 g/mol. The molecule has 0 aromatic carbocycles. The second-order valence-corrected chi connectivity index (χ2v) is 3.10. The van der Waals surface area contributed by atoms with Crippen molar-refractivity contribution in [2.45, 2.75) is 25.8 Å². The minimum absolute atomic E-state index is 0.0213. The summed E-state index contributed by atoms with van der Waals surface area (Å²) in [6.45, 7) is 1.87. The normalized spacial score (nSPS) is 15.1. The molecule has 0 rings (SSSR count). The lowest BCUT2D eigenvalue weighted by molar-refractivity contribution is -0.138. The highest BCUT2D eigenvalue weighted by atomic mass is 19.1. The highest BCUT2D eigenvalue weighted by Crippen LogP contribution is 2.05. The van der Waals surface area contributed by atoms with Crippen molar-refractivity contribution in [1.82, 2.24) is 0 Å². The van der Waals surface area contributed by atoms with Gasteiger partial charge in [0, 0.05) is 13.0 Å². The van der Waals surface area contributed by atoms with Gasteiger partial charge in [0.05, 0.1) is 11.7 Å². The summed E-state index contributed by atoms with van der Waals surface area (Å²) in [6, 6.07) is -1.06. The number of hydrogen-bond donors (Lipinski definition) is 3. The topological polar surface area (TPSA) is 102 Å². The molecule has 0 unspecified atom stereocenters. The third-order valence-corrected chi connectivity index (χ3v) is 1.62. The number of carbonyl (C=O) groups is 1. The molecule has 0 fully saturated rings. The molecule has 0 aliphatic rings. The largest absolute Gasteiger partial charge is 0.480 e. The predicted molar refractivity (Wildman–Crippen MR) is 56.2 cm³/mol. The Labute approximate surface area is 87.7 Å². The summed E-state index contributed by atoms with van der Waals surface area (Å²) in [7, 11) is 0. The summed E-state index contributed by atoms with van der Waals surface area (Å²) < 4.78 is 13.0. The molecule has 0 heterocycles. The average Bonchev–Trinajstić information content (AvgIpc) is 2.13. The second kappa shape index (κ2) is 6.94. The molecule has 0 spiro atoms. The summed E-state index contributed by atoms with van der Waals surface area (Å²) in [5.74, 6) is -1.17. The van der Waals surface area contributed by atoms with Crippen molar-refractivity contribution < 1.29 is 14.3 Å². The maximum atomic E-state index is 13.0. The maximum absolute atomic E-state index is 13.0. The summed E-state index contributed by atoms with van der Waals surface area (Å²) in [4.78, 5) is 14.1. The van der Waals surface area contributed by atoms with Crippen LogP contribution in [-0.4, -0.2) is 29.5 Å². The zero-order valence-corrected chi connectivity index (χ0v) is 8.61. The number of nitrogens with two attached hydrogens (primary N) is 2. The molecule has 0 amide bonds. The SMILES string of the molecule is CC(N)=NCCC(F)=CC[C@H](N)C(=O)O. The van der Waals surface area contributed by atoms with Gasteiger partial charge in [-0.1, -0.05) is 6.08 Å². The molecule has 0 bridgehead atoms. The zero-order chi connectivity index (χ0) is 11.8. The van der Waals surface area contributed by atoms with Gasteiger partial charge in [-0.25, -0.2) is 4.39 Å². The predicted octanol–water partition coefficient (Wildman–Crippen LogP) is 0.409. The number of aliphatic imine (C=N–C) groups is 1. The standard InChI is InChI=1S/C9H16FN3O2/c1-6(11)13-5-4-7(10)2-3-8(12)9(14)15/h2,8H,3-5,12H2,1H3,(H2,11,13)(H,14,15)/t8-/m0/s1. The van der Waals surface area contributed by atoms with Crippen LogP contribution in [0.3, 0.4) is 0 Å². The van der Waals surface area contributed by atoms with Crippen LogP contribution in [0.25, 0.3) is 0 Å². The Morgan fingerprint density at radius 2 is 2.27 bits per heavy atom. The number of rotatable bonds is 6. The zero-order valence-electron chi connectivity index (χ0n) is 8.61. The number of aliphatic carboxylic acids is 1. The van der Waals surface area contributed by atoms with Gasteiger partial charge in [-0.15, -0.1) is 0 Å². The number of carboxylic acids is 1. The fourth-order valence-electron chi connectivity index (χ4n) is 0.797. The molecule has 5 nitrogen and oxygen atoms in total. The molecule has 86 valence electrons. The van der Waals surface area contributed by atoms with Crippen LogP contribution in [0.4, 0.5) is 4.39 Å². The molecule has 0 saturated heterocycles. The van der Waals surface area contributed by atoms with Gasteiger partial charge in [0.1, 0.15) is 6.04 Å². The van der Waals surface area contributed by atoms with Crippen molar-refractivity contribution >= 4 is 11.8 Å². The first-order chi connectivity index (χ1) is 6.93. The van der Waals surface area contributed by atoms with Crippen LogP contribution in [-0.2, 0) is 4.79 Å². The van der Waals surface area contributed by atoms with Crippen molar-refractivity contribution in [2.24, 2.45) is 16.5 Å². The van der Waals surface area contributed by atoms with Gasteiger partial charge in [-0.3, -0.25) is 9.79 Å². The third kappa shape index (κ3) is 7.63. The molecular weight excluding hydrogens is 201 g/mol. The maximum Gasteiger partial charge on any atom is 0.320 e. The average molecular weight is 217 g/mol. The van der Waals surface area contributed by atoms with Crippen LogP contribution < -0.4 is 11.5 Å². The van der Waals surface area contributed by atoms with Crippen LogP contribution in [0.15, 0.2) is 16.9 Å². The molecule has 0 aliphatic heterocycles. The quantitative estimate of drug-likeness (QED) is 0.443. The van der Waals surface area contributed by atoms with Gasteiger partial charge in [0.15, 0.2) is 0 Å². The highest BCUT2D eigenvalue weighted by Gasteiger charge is 2.09. The van der Waals surface area contributed by atoms with E-state index < -0.39 is 17.8 Å². The molecule has 1 atom stereocenters. The van der Waals surface area contributed by atoms with Crippen LogP contribution in [0.2, 0.25) is 0 Å². The highest BCUT2D eigenvalue weighted by molar-refractivity contribution is 5.77. The van der Waals surface area contributed by atoms with E-state index in [1.54, 1.807) is 6.92 Å². The summed E-state index contributed by atoms with van der Waals surface area (Å²) in [5.41, 5.74) is 10.4. The van der Waals surface area contributed by atoms with E-state index in [2.05, 4.69) is 4.99 Å². The van der Waals surface area contributed by atoms with Gasteiger partial charge in [-0.2, -0.15) is 0 Å². The second-order valence-electron chi connectivity index (χ2n) is 3.10. The molecule has 0 aromatic heterocycles. The number of amidine groups is 1. The number of nitrogens with zero attached hydrogens (tertiary/aromatic N) is 1. The van der Waals surface area contributed by atoms with E-state index in [1.807, 2.05) is 0 Å². The fraction of sp³-hybridized carbons (Fsp3) is 0.556. The van der Waals surface area contributed by atoms with Crippen molar-refractivity contribution in [3.05, 3.63) is 11.9 Å². The third-order valence-electron chi connectivity index (χ3n) is 1.62. The molecule has 5 N–H and O–H groups in total. The Morgan fingerprint density at radius 3 is 2.73 bits per heavy atom. The molecule has 0 aromatic rings. The first kappa shape index (κ1) is 13.6. The molecule has 0 saturated carbocycles. The number of hydrogen-bond acceptors (Lipinski definition) is 3. The Hall–Kier alpha value is -1.43. The van der Waals surface area contributed by atoms with E-state index in [4.69, 9.17) is 16.6 Å². The Kier molecular flexibility index (Phi) is 6.28. The van der Waals surface area contributed by atoms with E-state index in [-0.39, 0.29) is 19.4 Å². The van der Waals surface area contributed by atoms with E-state index in [1.165, 1.54) is 6.08 Å². The van der Waals surface area contributed by atoms with Crippen molar-refractivity contribution in [3.63, 3.8) is 0 Å². The summed E-state index contributed by atoms with van der Waals surface area (Å²) in [5, 5.41) is 8.43. The van der Waals surface area contributed by atoms with Crippen LogP contribution >= 0.6 is 0 Å². The summed E-state index contributed by atoms with van der Waals surface area (Å²) in [6.07, 6.45) is 1.26. The van der Waals surface area contributed by atoms with Crippen molar-refractivity contribution in [3.8, 4) is 0 Å². The lowest BCUT2D eigenvalue weighted by atomic mass is 10.2. The molecule has 15 heavy (non-hydrogen) atoms. The minimum atomic E-state index is -1.14. The minimum Gasteiger partial charge on any atom is -0.480 e. The van der Waals surface area contributed by atoms with E-state index in [0.717, 1.165) is 0 Å². The van der Waals surface area contributed by atoms with Gasteiger partial charge in [0.2, 0.25) is 0 Å². The van der Waals surface area contributed by atoms with Crippen LogP contribution in [0, 0.1) is 0 Å². The first-order valence-corrected chi connectivity index (χ1v) is 4.53. The van der Waals surface area contributed by atoms with E-state index in [0.29, 0.717) is 5.84 Å². The van der Waals surface area contributed by atoms with Crippen LogP contribution in [0.5, 0.6) is 0 Å². The Balaban J connectivity index is 3.89. The van der Waals surface area contributed by atoms with Gasteiger partial charge in [0.25, 0.3) is 0 Å². The van der Waals surface area contributed by atoms with E-state index >= 15 is 0 Å². The van der Waals surface area contributed by atoms with Crippen LogP contribution in [0.1, 0.15) is 19.8 Å². The smallest absolute Gasteiger partial charge is 0.320 e. The molecule has 6 heteroatoms. The molecule has 0 aliphatic carbocycles. The lowest BCUT2D eigenvalue weighted by Gasteiger charge is -2.01. The molecule has 0 radical (unpaired) electrons. The van der Waals surface area contributed by atoms with Crippen molar-refractivity contribution in [1.29, 1.82) is 0 Å². The fourth-order valence-corrected chi connectivity index (χ4v) is 0.797. The van der Waals surface area contributed by atoms with E-state index in [9.17, 15) is 9.18 Å². The Morgan fingerprint density at radius 1 is 1.67 bits per heavy atom. The molecular formula is C9H16FN3O2. The van der Waals surface area contributed by atoms with Gasteiger partial charge < -0.3 is 16.6 Å². The van der Waals surface area contributed by atoms with Gasteiger partial charge in [-0.05, 0) is 13.3 Å². The van der Waals surface area contributed by atoms with Crippen molar-refractivity contribution in [2.75, 3.05) is 6.54 Å². The first-order valence-electron chi connectivity index (χ1n) is 4.53. The Bertz CT molecular complexity index is 273. The number of carboxylic acid groups (broad SMARTS) is 1. The summed E-state index contributed by atoms with van der Waals surface area (Å²) >= 11 is 0. The number of halogens is 1. The lowest BCUT2D eigenvalue weighted by Crippen LogP contribution is -2.29.